The summed E-state index contributed by atoms with van der Waals surface area (Å²) in [4.78, 5) is 11.9. The first-order chi connectivity index (χ1) is 5.13. The zero-order valence-electron chi connectivity index (χ0n) is 6.68. The van der Waals surface area contributed by atoms with Crippen LogP contribution in [0.1, 0.15) is 12.8 Å². The number of aliphatic carboxylic acids is 1. The summed E-state index contributed by atoms with van der Waals surface area (Å²) < 4.78 is 0. The second-order valence-electron chi connectivity index (χ2n) is 2.30. The van der Waals surface area contributed by atoms with Gasteiger partial charge in [-0.25, -0.2) is 0 Å². The van der Waals surface area contributed by atoms with Gasteiger partial charge in [0.25, 0.3) is 0 Å². The monoisotopic (exact) mass is 201 g/mol. The second kappa shape index (κ2) is 10.0. The summed E-state index contributed by atoms with van der Waals surface area (Å²) >= 11 is 0. The minimum absolute atomic E-state index is 0.276. The van der Waals surface area contributed by atoms with E-state index < -0.39 is 5.97 Å². The molecule has 0 saturated carbocycles. The third-order valence-corrected chi connectivity index (χ3v) is 0.996. The average Bonchev–Trinajstić information content (AvgIpc) is 1.90. The lowest BCUT2D eigenvalue weighted by Gasteiger charge is -2.06. The normalized spacial score (nSPS) is 8.82. The highest BCUT2D eigenvalue weighted by atomic mass is 36.5. The Morgan fingerprint density at radius 2 is 1.91 bits per heavy atom. The zero-order valence-corrected chi connectivity index (χ0v) is 8.19. The predicted octanol–water partition coefficient (Wildman–Crippen LogP) is 1.79. The van der Waals surface area contributed by atoms with Gasteiger partial charge in [0.05, 0.1) is 0 Å². The van der Waals surface area contributed by atoms with Crippen molar-refractivity contribution in [2.24, 2.45) is 0 Å². The summed E-state index contributed by atoms with van der Waals surface area (Å²) in [5, 5.41) is 8.21. The molecule has 0 bridgehead atoms. The van der Waals surface area contributed by atoms with Crippen molar-refractivity contribution in [1.82, 2.24) is 4.90 Å². The molecule has 0 aliphatic heterocycles. The minimum Gasteiger partial charge on any atom is -0.481 e. The van der Waals surface area contributed by atoms with Crippen molar-refractivity contribution in [3.8, 4) is 0 Å². The number of carboxylic acid groups (broad SMARTS) is 1. The van der Waals surface area contributed by atoms with E-state index >= 15 is 0 Å². The molecule has 0 rings (SSSR count). The zero-order chi connectivity index (χ0) is 9.28. The molecule has 0 aliphatic carbocycles. The molecule has 0 aromatic carbocycles. The lowest BCUT2D eigenvalue weighted by Crippen LogP contribution is -2.13. The van der Waals surface area contributed by atoms with Crippen LogP contribution in [0.2, 0.25) is 0 Å². The molecule has 0 heterocycles. The summed E-state index contributed by atoms with van der Waals surface area (Å²) in [5.41, 5.74) is 0. The number of nitrogens with zero attached hydrogens (tertiary/aromatic N) is 1. The van der Waals surface area contributed by atoms with E-state index in [4.69, 9.17) is 5.11 Å². The quantitative estimate of drug-likeness (QED) is 0.755. The van der Waals surface area contributed by atoms with Crippen molar-refractivity contribution in [1.29, 1.82) is 0 Å². The molecular weight excluding hydrogens is 189 g/mol. The topological polar surface area (TPSA) is 40.5 Å². The summed E-state index contributed by atoms with van der Waals surface area (Å²) in [5.74, 6) is -0.711. The smallest absolute Gasteiger partial charge is 0.303 e. The van der Waals surface area contributed by atoms with Crippen molar-refractivity contribution < 1.29 is 9.90 Å². The predicted molar refractivity (Wildman–Crippen MR) is 47.1 cm³/mol. The Balaban J connectivity index is 0. The second-order valence-corrected chi connectivity index (χ2v) is 2.30. The standard InChI is InChI=1S/C6H13NO2.Cl2/c1-7(2)5-3-4-6(8)9;1-2/h3-5H2,1-2H3,(H,8,9);. The first-order valence-electron chi connectivity index (χ1n) is 3.13. The van der Waals surface area contributed by atoms with Gasteiger partial charge in [0.15, 0.2) is 0 Å². The van der Waals surface area contributed by atoms with E-state index in [1.807, 2.05) is 19.0 Å². The molecule has 5 heteroatoms. The van der Waals surface area contributed by atoms with Crippen molar-refractivity contribution >= 4 is 27.7 Å². The number of rotatable bonds is 4. The van der Waals surface area contributed by atoms with Gasteiger partial charge in [-0.15, -0.1) is 0 Å². The minimum atomic E-state index is -0.711. The highest BCUT2D eigenvalue weighted by molar-refractivity contribution is 6.85. The van der Waals surface area contributed by atoms with Crippen molar-refractivity contribution in [2.75, 3.05) is 20.6 Å². The van der Waals surface area contributed by atoms with E-state index in [1.54, 1.807) is 0 Å². The summed E-state index contributed by atoms with van der Waals surface area (Å²) in [7, 11) is 12.1. The Morgan fingerprint density at radius 1 is 1.45 bits per heavy atom. The molecule has 0 amide bonds. The van der Waals surface area contributed by atoms with Crippen LogP contribution >= 0.6 is 21.7 Å². The van der Waals surface area contributed by atoms with Gasteiger partial charge in [-0.05, 0) is 27.1 Å². The van der Waals surface area contributed by atoms with Crippen LogP contribution in [0.4, 0.5) is 0 Å². The third kappa shape index (κ3) is 17.8. The van der Waals surface area contributed by atoms with Crippen LogP contribution in [0, 0.1) is 0 Å². The van der Waals surface area contributed by atoms with Crippen LogP contribution in [-0.2, 0) is 4.79 Å². The third-order valence-electron chi connectivity index (χ3n) is 0.996. The van der Waals surface area contributed by atoms with Gasteiger partial charge in [0.2, 0.25) is 0 Å². The van der Waals surface area contributed by atoms with Gasteiger partial charge in [0, 0.05) is 28.1 Å². The van der Waals surface area contributed by atoms with Crippen molar-refractivity contribution in [3.63, 3.8) is 0 Å². The highest BCUT2D eigenvalue weighted by Crippen LogP contribution is 1.89. The maximum Gasteiger partial charge on any atom is 0.303 e. The SMILES string of the molecule is CN(C)CCCC(=O)O.ClCl. The van der Waals surface area contributed by atoms with Gasteiger partial charge in [-0.1, -0.05) is 0 Å². The molecule has 0 radical (unpaired) electrons. The average molecular weight is 202 g/mol. The molecule has 0 aliphatic rings. The van der Waals surface area contributed by atoms with E-state index in [-0.39, 0.29) is 6.42 Å². The molecule has 68 valence electrons. The van der Waals surface area contributed by atoms with E-state index in [0.717, 1.165) is 13.0 Å². The van der Waals surface area contributed by atoms with E-state index in [1.165, 1.54) is 0 Å². The maximum atomic E-state index is 9.96. The molecule has 0 fully saturated rings. The first kappa shape index (κ1) is 13.6. The molecule has 0 aromatic heterocycles. The Kier molecular flexibility index (Phi) is 12.4. The highest BCUT2D eigenvalue weighted by Gasteiger charge is 1.95. The Hall–Kier alpha value is 0.01000. The molecule has 1 N–H and O–H groups in total. The van der Waals surface area contributed by atoms with Crippen LogP contribution in [-0.4, -0.2) is 36.6 Å². The van der Waals surface area contributed by atoms with Crippen LogP contribution in [0.3, 0.4) is 0 Å². The molecule has 11 heavy (non-hydrogen) atoms. The van der Waals surface area contributed by atoms with Gasteiger partial charge >= 0.3 is 5.97 Å². The number of hydrogen-bond acceptors (Lipinski definition) is 2. The lowest BCUT2D eigenvalue weighted by atomic mass is 10.3. The fourth-order valence-corrected chi connectivity index (χ4v) is 0.547. The summed E-state index contributed by atoms with van der Waals surface area (Å²) in [6.07, 6.45) is 1.01. The molecule has 0 spiro atoms. The number of hydrogen-bond donors (Lipinski definition) is 1. The van der Waals surface area contributed by atoms with E-state index in [9.17, 15) is 4.79 Å². The summed E-state index contributed by atoms with van der Waals surface area (Å²) in [6, 6.07) is 0. The lowest BCUT2D eigenvalue weighted by molar-refractivity contribution is -0.137. The van der Waals surface area contributed by atoms with Crippen molar-refractivity contribution in [2.45, 2.75) is 12.8 Å². The van der Waals surface area contributed by atoms with Crippen LogP contribution in [0.15, 0.2) is 0 Å². The number of carbonyl (C=O) groups is 1. The van der Waals surface area contributed by atoms with Gasteiger partial charge < -0.3 is 10.0 Å². The van der Waals surface area contributed by atoms with E-state index in [2.05, 4.69) is 21.7 Å². The van der Waals surface area contributed by atoms with Crippen LogP contribution in [0.5, 0.6) is 0 Å². The van der Waals surface area contributed by atoms with Crippen molar-refractivity contribution in [3.05, 3.63) is 0 Å². The molecule has 0 aromatic rings. The van der Waals surface area contributed by atoms with E-state index in [0.29, 0.717) is 0 Å². The fraction of sp³-hybridized carbons (Fsp3) is 0.833. The Bertz CT molecular complexity index is 98.6. The molecule has 0 saturated heterocycles. The molecule has 0 atom stereocenters. The molecule has 0 unspecified atom stereocenters. The first-order valence-corrected chi connectivity index (χ1v) is 4.28. The maximum absolute atomic E-state index is 9.96. The fourth-order valence-electron chi connectivity index (χ4n) is 0.547. The van der Waals surface area contributed by atoms with Gasteiger partial charge in [-0.2, -0.15) is 0 Å². The van der Waals surface area contributed by atoms with Crippen LogP contribution < -0.4 is 0 Å². The largest absolute Gasteiger partial charge is 0.481 e. The van der Waals surface area contributed by atoms with Gasteiger partial charge in [-0.3, -0.25) is 4.79 Å². The Labute approximate surface area is 76.5 Å². The molecular formula is C6H13Cl2NO2. The number of halogens is 2. The molecule has 3 nitrogen and oxygen atoms in total. The number of carboxylic acids is 1. The van der Waals surface area contributed by atoms with Gasteiger partial charge in [0.1, 0.15) is 0 Å². The summed E-state index contributed by atoms with van der Waals surface area (Å²) in [6.45, 7) is 0.853. The Morgan fingerprint density at radius 3 is 2.18 bits per heavy atom. The van der Waals surface area contributed by atoms with Crippen LogP contribution in [0.25, 0.3) is 0 Å².